The summed E-state index contributed by atoms with van der Waals surface area (Å²) in [5.74, 6) is 0.475. The molecule has 0 aliphatic carbocycles. The fraction of sp³-hybridized carbons (Fsp3) is 0.562. The predicted octanol–water partition coefficient (Wildman–Crippen LogP) is 4.88. The van der Waals surface area contributed by atoms with Crippen molar-refractivity contribution in [1.29, 1.82) is 0 Å². The van der Waals surface area contributed by atoms with Crippen LogP contribution in [-0.2, 0) is 5.41 Å². The lowest BCUT2D eigenvalue weighted by Crippen LogP contribution is -2.18. The van der Waals surface area contributed by atoms with Crippen LogP contribution in [0, 0.1) is 0 Å². The zero-order valence-corrected chi connectivity index (χ0v) is 13.9. The molecule has 0 aliphatic heterocycles. The average molecular weight is 279 g/mol. The molecule has 1 rings (SSSR count). The standard InChI is InChI=1S/C16H25NOS/c1-11(2)12-8-9-13(16(3,4)5)14(10-12)19-15(18)17(6)7/h8-11H,1-7H3. The van der Waals surface area contributed by atoms with E-state index in [9.17, 15) is 4.79 Å². The highest BCUT2D eigenvalue weighted by Crippen LogP contribution is 2.35. The van der Waals surface area contributed by atoms with E-state index in [0.717, 1.165) is 4.90 Å². The maximum absolute atomic E-state index is 12.0. The molecule has 0 fully saturated rings. The number of hydrogen-bond acceptors (Lipinski definition) is 2. The molecule has 0 N–H and O–H groups in total. The number of carbonyl (C=O) groups excluding carboxylic acids is 1. The molecule has 1 aromatic rings. The number of carbonyl (C=O) groups is 1. The van der Waals surface area contributed by atoms with Gasteiger partial charge in [0.15, 0.2) is 0 Å². The van der Waals surface area contributed by atoms with E-state index in [1.807, 2.05) is 0 Å². The minimum atomic E-state index is 0.0461. The summed E-state index contributed by atoms with van der Waals surface area (Å²) in [5, 5.41) is 0.0754. The van der Waals surface area contributed by atoms with Gasteiger partial charge in [0.1, 0.15) is 0 Å². The molecule has 0 aromatic heterocycles. The van der Waals surface area contributed by atoms with Gasteiger partial charge < -0.3 is 4.90 Å². The Bertz CT molecular complexity index is 458. The van der Waals surface area contributed by atoms with Crippen LogP contribution < -0.4 is 0 Å². The first-order chi connectivity index (χ1) is 8.62. The minimum absolute atomic E-state index is 0.0461. The van der Waals surface area contributed by atoms with Crippen molar-refractivity contribution in [2.45, 2.75) is 50.8 Å². The maximum atomic E-state index is 12.0. The van der Waals surface area contributed by atoms with Crippen LogP contribution in [0.3, 0.4) is 0 Å². The molecule has 0 atom stereocenters. The summed E-state index contributed by atoms with van der Waals surface area (Å²) in [4.78, 5) is 14.7. The second kappa shape index (κ2) is 6.00. The Labute approximate surface area is 121 Å². The van der Waals surface area contributed by atoms with E-state index in [1.54, 1.807) is 19.0 Å². The third-order valence-corrected chi connectivity index (χ3v) is 4.14. The Morgan fingerprint density at radius 3 is 2.21 bits per heavy atom. The van der Waals surface area contributed by atoms with Gasteiger partial charge in [-0.25, -0.2) is 0 Å². The lowest BCUT2D eigenvalue weighted by Gasteiger charge is -2.24. The zero-order chi connectivity index (χ0) is 14.8. The van der Waals surface area contributed by atoms with Gasteiger partial charge in [-0.3, -0.25) is 4.79 Å². The number of hydrogen-bond donors (Lipinski definition) is 0. The summed E-state index contributed by atoms with van der Waals surface area (Å²) in [6.07, 6.45) is 0. The molecule has 0 saturated carbocycles. The molecule has 1 amide bonds. The van der Waals surface area contributed by atoms with Gasteiger partial charge in [0, 0.05) is 19.0 Å². The molecular formula is C16H25NOS. The average Bonchev–Trinajstić information content (AvgIpc) is 2.27. The monoisotopic (exact) mass is 279 g/mol. The summed E-state index contributed by atoms with van der Waals surface area (Å²) in [6.45, 7) is 10.9. The Morgan fingerprint density at radius 1 is 1.21 bits per heavy atom. The SMILES string of the molecule is CC(C)c1ccc(C(C)(C)C)c(SC(=O)N(C)C)c1. The Balaban J connectivity index is 3.22. The van der Waals surface area contributed by atoms with Gasteiger partial charge in [-0.2, -0.15) is 0 Å². The number of rotatable bonds is 2. The summed E-state index contributed by atoms with van der Waals surface area (Å²) in [7, 11) is 3.58. The van der Waals surface area contributed by atoms with Crippen molar-refractivity contribution in [2.24, 2.45) is 0 Å². The second-order valence-electron chi connectivity index (χ2n) is 6.42. The largest absolute Gasteiger partial charge is 0.339 e. The molecule has 0 bridgehead atoms. The Kier molecular flexibility index (Phi) is 5.08. The van der Waals surface area contributed by atoms with Crippen molar-refractivity contribution in [3.63, 3.8) is 0 Å². The van der Waals surface area contributed by atoms with Crippen LogP contribution in [0.4, 0.5) is 4.79 Å². The number of nitrogens with zero attached hydrogens (tertiary/aromatic N) is 1. The normalized spacial score (nSPS) is 11.8. The highest BCUT2D eigenvalue weighted by molar-refractivity contribution is 8.13. The fourth-order valence-electron chi connectivity index (χ4n) is 1.79. The summed E-state index contributed by atoms with van der Waals surface area (Å²) in [5.41, 5.74) is 2.56. The molecule has 0 radical (unpaired) electrons. The van der Waals surface area contributed by atoms with E-state index in [-0.39, 0.29) is 10.7 Å². The van der Waals surface area contributed by atoms with Crippen molar-refractivity contribution in [1.82, 2.24) is 4.90 Å². The lowest BCUT2D eigenvalue weighted by atomic mass is 9.85. The first kappa shape index (κ1) is 16.1. The van der Waals surface area contributed by atoms with Gasteiger partial charge in [-0.05, 0) is 40.3 Å². The van der Waals surface area contributed by atoms with Crippen LogP contribution in [-0.4, -0.2) is 24.2 Å². The quantitative estimate of drug-likeness (QED) is 0.719. The molecule has 3 heteroatoms. The van der Waals surface area contributed by atoms with Gasteiger partial charge >= 0.3 is 0 Å². The van der Waals surface area contributed by atoms with E-state index in [1.165, 1.54) is 22.9 Å². The van der Waals surface area contributed by atoms with Gasteiger partial charge in [0.05, 0.1) is 0 Å². The van der Waals surface area contributed by atoms with E-state index >= 15 is 0 Å². The van der Waals surface area contributed by atoms with Gasteiger partial charge in [0.25, 0.3) is 5.24 Å². The minimum Gasteiger partial charge on any atom is -0.339 e. The van der Waals surface area contributed by atoms with Crippen molar-refractivity contribution in [3.8, 4) is 0 Å². The fourth-order valence-corrected chi connectivity index (χ4v) is 2.84. The second-order valence-corrected chi connectivity index (χ2v) is 7.42. The van der Waals surface area contributed by atoms with Gasteiger partial charge in [0.2, 0.25) is 0 Å². The van der Waals surface area contributed by atoms with Crippen LogP contribution >= 0.6 is 11.8 Å². The summed E-state index contributed by atoms with van der Waals surface area (Å²) >= 11 is 1.32. The third-order valence-electron chi connectivity index (χ3n) is 3.04. The van der Waals surface area contributed by atoms with Crippen molar-refractivity contribution < 1.29 is 4.79 Å². The predicted molar refractivity (Wildman–Crippen MR) is 84.2 cm³/mol. The Hall–Kier alpha value is -0.960. The maximum Gasteiger partial charge on any atom is 0.285 e. The van der Waals surface area contributed by atoms with Gasteiger partial charge in [-0.15, -0.1) is 0 Å². The molecule has 19 heavy (non-hydrogen) atoms. The van der Waals surface area contributed by atoms with Crippen molar-refractivity contribution in [2.75, 3.05) is 14.1 Å². The number of benzene rings is 1. The van der Waals surface area contributed by atoms with E-state index in [4.69, 9.17) is 0 Å². The molecule has 0 unspecified atom stereocenters. The van der Waals surface area contributed by atoms with Crippen LogP contribution in [0.1, 0.15) is 51.7 Å². The highest BCUT2D eigenvalue weighted by atomic mass is 32.2. The van der Waals surface area contributed by atoms with Crippen molar-refractivity contribution in [3.05, 3.63) is 29.3 Å². The molecule has 2 nitrogen and oxygen atoms in total. The molecule has 106 valence electrons. The molecular weight excluding hydrogens is 254 g/mol. The first-order valence-electron chi connectivity index (χ1n) is 6.66. The van der Waals surface area contributed by atoms with Crippen LogP contribution in [0.25, 0.3) is 0 Å². The number of amides is 1. The molecule has 0 saturated heterocycles. The summed E-state index contributed by atoms with van der Waals surface area (Å²) < 4.78 is 0. The smallest absolute Gasteiger partial charge is 0.285 e. The van der Waals surface area contributed by atoms with Crippen LogP contribution in [0.15, 0.2) is 23.1 Å². The van der Waals surface area contributed by atoms with Gasteiger partial charge in [-0.1, -0.05) is 46.8 Å². The van der Waals surface area contributed by atoms with E-state index in [0.29, 0.717) is 5.92 Å². The first-order valence-corrected chi connectivity index (χ1v) is 7.48. The number of thioether (sulfide) groups is 1. The molecule has 0 heterocycles. The Morgan fingerprint density at radius 2 is 1.79 bits per heavy atom. The van der Waals surface area contributed by atoms with E-state index in [2.05, 4.69) is 52.8 Å². The summed E-state index contributed by atoms with van der Waals surface area (Å²) in [6, 6.07) is 6.51. The van der Waals surface area contributed by atoms with Crippen molar-refractivity contribution >= 4 is 17.0 Å². The zero-order valence-electron chi connectivity index (χ0n) is 13.1. The van der Waals surface area contributed by atoms with E-state index < -0.39 is 0 Å². The third kappa shape index (κ3) is 4.27. The molecule has 1 aromatic carbocycles. The topological polar surface area (TPSA) is 20.3 Å². The molecule has 0 spiro atoms. The lowest BCUT2D eigenvalue weighted by molar-refractivity contribution is 0.241. The van der Waals surface area contributed by atoms with Crippen LogP contribution in [0.5, 0.6) is 0 Å². The van der Waals surface area contributed by atoms with Crippen LogP contribution in [0.2, 0.25) is 0 Å². The highest BCUT2D eigenvalue weighted by Gasteiger charge is 2.21. The molecule has 0 aliphatic rings.